The molecule has 4 nitrogen and oxygen atoms in total. The Labute approximate surface area is 88.2 Å². The Morgan fingerprint density at radius 2 is 2.07 bits per heavy atom. The minimum atomic E-state index is -0.931. The second-order valence-corrected chi connectivity index (χ2v) is 3.07. The van der Waals surface area contributed by atoms with Gasteiger partial charge in [-0.15, -0.1) is 0 Å². The van der Waals surface area contributed by atoms with Crippen molar-refractivity contribution in [3.63, 3.8) is 0 Å². The monoisotopic (exact) mass is 207 g/mol. The van der Waals surface area contributed by atoms with Gasteiger partial charge in [-0.2, -0.15) is 0 Å². The first-order valence-corrected chi connectivity index (χ1v) is 4.53. The molecule has 0 unspecified atom stereocenters. The van der Waals surface area contributed by atoms with E-state index in [1.807, 2.05) is 12.1 Å². The summed E-state index contributed by atoms with van der Waals surface area (Å²) in [6.45, 7) is 1.53. The van der Waals surface area contributed by atoms with Crippen LogP contribution in [0.2, 0.25) is 0 Å². The summed E-state index contributed by atoms with van der Waals surface area (Å²) in [5, 5.41) is 8.61. The van der Waals surface area contributed by atoms with Crippen LogP contribution in [0.4, 0.5) is 0 Å². The van der Waals surface area contributed by atoms with Crippen LogP contribution in [-0.2, 0) is 4.79 Å². The lowest BCUT2D eigenvalue weighted by molar-refractivity contribution is -0.137. The Balaban J connectivity index is 2.68. The van der Waals surface area contributed by atoms with Crippen molar-refractivity contribution < 1.29 is 14.6 Å². The van der Waals surface area contributed by atoms with E-state index in [4.69, 9.17) is 9.84 Å². The summed E-state index contributed by atoms with van der Waals surface area (Å²) < 4.78 is 4.99. The third-order valence-electron chi connectivity index (χ3n) is 1.92. The number of methoxy groups -OCH3 is 1. The molecule has 0 radical (unpaired) electrons. The van der Waals surface area contributed by atoms with E-state index in [1.165, 1.54) is 13.1 Å². The van der Waals surface area contributed by atoms with Crippen molar-refractivity contribution in [3.8, 4) is 5.75 Å². The molecule has 0 amide bonds. The number of benzene rings is 1. The molecular weight excluding hydrogens is 194 g/mol. The quantitative estimate of drug-likeness (QED) is 0.762. The molecule has 0 fully saturated rings. The Morgan fingerprint density at radius 1 is 1.47 bits per heavy atom. The largest absolute Gasteiger partial charge is 0.497 e. The Bertz CT molecular complexity index is 357. The number of nitrogens with zero attached hydrogens (tertiary/aromatic N) is 1. The van der Waals surface area contributed by atoms with E-state index in [0.29, 0.717) is 0 Å². The zero-order valence-corrected chi connectivity index (χ0v) is 8.68. The van der Waals surface area contributed by atoms with Crippen molar-refractivity contribution in [1.82, 2.24) is 0 Å². The minimum absolute atomic E-state index is 0.716. The highest BCUT2D eigenvalue weighted by Crippen LogP contribution is 2.09. The topological polar surface area (TPSA) is 58.9 Å². The molecular formula is C11H13NO3. The van der Waals surface area contributed by atoms with Gasteiger partial charge in [-0.05, 0) is 36.8 Å². The van der Waals surface area contributed by atoms with E-state index in [1.54, 1.807) is 19.2 Å². The summed E-state index contributed by atoms with van der Waals surface area (Å²) in [7, 11) is 1.59. The van der Waals surface area contributed by atoms with Crippen LogP contribution in [0.1, 0.15) is 12.5 Å². The smallest absolute Gasteiger partial charge is 0.328 e. The summed E-state index contributed by atoms with van der Waals surface area (Å²) >= 11 is 0. The van der Waals surface area contributed by atoms with Gasteiger partial charge in [0.15, 0.2) is 0 Å². The van der Waals surface area contributed by atoms with Crippen LogP contribution in [0.25, 0.3) is 0 Å². The first kappa shape index (κ1) is 11.2. The van der Waals surface area contributed by atoms with E-state index in [2.05, 4.69) is 4.99 Å². The van der Waals surface area contributed by atoms with E-state index < -0.39 is 12.0 Å². The van der Waals surface area contributed by atoms with Gasteiger partial charge >= 0.3 is 5.97 Å². The zero-order chi connectivity index (χ0) is 11.3. The highest BCUT2D eigenvalue weighted by atomic mass is 16.5. The average molecular weight is 207 g/mol. The molecule has 1 aromatic carbocycles. The maximum Gasteiger partial charge on any atom is 0.328 e. The summed E-state index contributed by atoms with van der Waals surface area (Å²) in [6.07, 6.45) is 1.54. The number of carboxylic acids is 1. The molecule has 0 aromatic heterocycles. The molecule has 1 N–H and O–H groups in total. The van der Waals surface area contributed by atoms with Crippen molar-refractivity contribution in [2.45, 2.75) is 13.0 Å². The first-order valence-electron chi connectivity index (χ1n) is 4.53. The van der Waals surface area contributed by atoms with Crippen LogP contribution in [-0.4, -0.2) is 30.4 Å². The van der Waals surface area contributed by atoms with Crippen molar-refractivity contribution in [3.05, 3.63) is 29.8 Å². The van der Waals surface area contributed by atoms with Gasteiger partial charge < -0.3 is 9.84 Å². The molecule has 0 bridgehead atoms. The van der Waals surface area contributed by atoms with Gasteiger partial charge in [-0.25, -0.2) is 4.79 Å². The fourth-order valence-corrected chi connectivity index (χ4v) is 0.952. The van der Waals surface area contributed by atoms with Crippen molar-refractivity contribution in [2.75, 3.05) is 7.11 Å². The predicted molar refractivity (Wildman–Crippen MR) is 57.7 cm³/mol. The summed E-state index contributed by atoms with van der Waals surface area (Å²) in [4.78, 5) is 14.4. The Kier molecular flexibility index (Phi) is 3.85. The molecule has 1 atom stereocenters. The molecule has 15 heavy (non-hydrogen) atoms. The number of rotatable bonds is 4. The van der Waals surface area contributed by atoms with Crippen LogP contribution in [0.3, 0.4) is 0 Å². The van der Waals surface area contributed by atoms with Crippen LogP contribution in [0, 0.1) is 0 Å². The van der Waals surface area contributed by atoms with E-state index >= 15 is 0 Å². The normalized spacial score (nSPS) is 12.7. The molecule has 80 valence electrons. The molecule has 0 aliphatic rings. The Morgan fingerprint density at radius 3 is 2.53 bits per heavy atom. The van der Waals surface area contributed by atoms with Crippen molar-refractivity contribution in [1.29, 1.82) is 0 Å². The maximum absolute atomic E-state index is 10.5. The SMILES string of the molecule is COc1ccc(C=N[C@@H](C)C(=O)O)cc1. The third-order valence-corrected chi connectivity index (χ3v) is 1.92. The number of hydrogen-bond acceptors (Lipinski definition) is 3. The number of hydrogen-bond donors (Lipinski definition) is 1. The molecule has 0 spiro atoms. The molecule has 0 aliphatic carbocycles. The molecule has 1 rings (SSSR count). The number of aliphatic carboxylic acids is 1. The second-order valence-electron chi connectivity index (χ2n) is 3.07. The van der Waals surface area contributed by atoms with Crippen molar-refractivity contribution >= 4 is 12.2 Å². The molecule has 0 aliphatic heterocycles. The van der Waals surface area contributed by atoms with E-state index in [0.717, 1.165) is 11.3 Å². The van der Waals surface area contributed by atoms with Gasteiger partial charge in [0.1, 0.15) is 11.8 Å². The summed E-state index contributed by atoms with van der Waals surface area (Å²) in [5.41, 5.74) is 0.851. The number of ether oxygens (including phenoxy) is 1. The number of carboxylic acid groups (broad SMARTS) is 1. The third kappa shape index (κ3) is 3.42. The van der Waals surface area contributed by atoms with Crippen LogP contribution < -0.4 is 4.74 Å². The molecule has 1 aromatic rings. The average Bonchev–Trinajstić information content (AvgIpc) is 2.26. The maximum atomic E-state index is 10.5. The molecule has 4 heteroatoms. The lowest BCUT2D eigenvalue weighted by Crippen LogP contribution is -2.13. The number of aliphatic imine (C=N–C) groups is 1. The minimum Gasteiger partial charge on any atom is -0.497 e. The van der Waals surface area contributed by atoms with Gasteiger partial charge in [0, 0.05) is 6.21 Å². The lowest BCUT2D eigenvalue weighted by atomic mass is 10.2. The highest BCUT2D eigenvalue weighted by molar-refractivity contribution is 5.83. The fourth-order valence-electron chi connectivity index (χ4n) is 0.952. The molecule has 0 heterocycles. The predicted octanol–water partition coefficient (Wildman–Crippen LogP) is 1.59. The fraction of sp³-hybridized carbons (Fsp3) is 0.273. The molecule has 0 saturated carbocycles. The Hall–Kier alpha value is -1.84. The second kappa shape index (κ2) is 5.14. The summed E-state index contributed by atoms with van der Waals surface area (Å²) in [6, 6.07) is 6.51. The van der Waals surface area contributed by atoms with E-state index in [-0.39, 0.29) is 0 Å². The number of carbonyl (C=O) groups is 1. The molecule has 0 saturated heterocycles. The van der Waals surface area contributed by atoms with Gasteiger partial charge in [0.05, 0.1) is 7.11 Å². The van der Waals surface area contributed by atoms with Gasteiger partial charge in [-0.3, -0.25) is 4.99 Å². The van der Waals surface area contributed by atoms with Crippen LogP contribution in [0.15, 0.2) is 29.3 Å². The first-order chi connectivity index (χ1) is 7.13. The van der Waals surface area contributed by atoms with E-state index in [9.17, 15) is 4.79 Å². The highest BCUT2D eigenvalue weighted by Gasteiger charge is 2.06. The van der Waals surface area contributed by atoms with Crippen molar-refractivity contribution in [2.24, 2.45) is 4.99 Å². The van der Waals surface area contributed by atoms with Gasteiger partial charge in [0.25, 0.3) is 0 Å². The lowest BCUT2D eigenvalue weighted by Gasteiger charge is -2.00. The zero-order valence-electron chi connectivity index (χ0n) is 8.68. The van der Waals surface area contributed by atoms with Crippen LogP contribution in [0.5, 0.6) is 5.75 Å². The summed E-state index contributed by atoms with van der Waals surface area (Å²) in [5.74, 6) is -0.168. The van der Waals surface area contributed by atoms with Gasteiger partial charge in [0.2, 0.25) is 0 Å². The van der Waals surface area contributed by atoms with Gasteiger partial charge in [-0.1, -0.05) is 0 Å². The standard InChI is InChI=1S/C11H13NO3/c1-8(11(13)14)12-7-9-3-5-10(15-2)6-4-9/h3-8H,1-2H3,(H,13,14)/t8-/m0/s1. The van der Waals surface area contributed by atoms with Crippen LogP contribution >= 0.6 is 0 Å².